The van der Waals surface area contributed by atoms with E-state index in [0.29, 0.717) is 0 Å². The topological polar surface area (TPSA) is 38.7 Å². The van der Waals surface area contributed by atoms with E-state index in [9.17, 15) is 4.79 Å². The van der Waals surface area contributed by atoms with Crippen molar-refractivity contribution in [1.82, 2.24) is 0 Å². The highest BCUT2D eigenvalue weighted by Gasteiger charge is 2.25. The number of ether oxygens (including phenoxy) is 1. The molecule has 3 aromatic rings. The molecule has 146 valence electrons. The number of carbonyl (C=O) groups excluding carboxylic acids is 1. The van der Waals surface area contributed by atoms with Crippen LogP contribution in [-0.2, 0) is 9.53 Å². The first-order chi connectivity index (χ1) is 14.2. The summed E-state index contributed by atoms with van der Waals surface area (Å²) in [6, 6.07) is 29.2. The number of nitrogens with zero attached hydrogens (tertiary/aromatic N) is 1. The number of methoxy groups -OCH3 is 1. The maximum Gasteiger partial charge on any atom is 0.331 e. The Kier molecular flexibility index (Phi) is 7.12. The first-order valence-corrected chi connectivity index (χ1v) is 9.69. The summed E-state index contributed by atoms with van der Waals surface area (Å²) in [7, 11) is 1.41. The van der Waals surface area contributed by atoms with Crippen LogP contribution < -0.4 is 0 Å². The standard InChI is InChI=1S/C26H25NO2/c1-20(18-19-21-12-6-3-7-13-21)24(26(28)29-2)27-25(22-14-8-4-9-15-22)23-16-10-5-11-17-23/h3-20,24H,1-2H3/b19-18+/t20-,24-/m1/s1. The van der Waals surface area contributed by atoms with E-state index in [-0.39, 0.29) is 11.9 Å². The van der Waals surface area contributed by atoms with Gasteiger partial charge in [0.05, 0.1) is 12.8 Å². The van der Waals surface area contributed by atoms with E-state index in [1.165, 1.54) is 7.11 Å². The predicted octanol–water partition coefficient (Wildman–Crippen LogP) is 5.42. The molecule has 0 bridgehead atoms. The zero-order valence-corrected chi connectivity index (χ0v) is 16.7. The molecular weight excluding hydrogens is 358 g/mol. The van der Waals surface area contributed by atoms with Gasteiger partial charge < -0.3 is 4.74 Å². The SMILES string of the molecule is COC(=O)[C@H](N=C(c1ccccc1)c1ccccc1)[C@H](C)/C=C/c1ccccc1. The number of hydrogen-bond donors (Lipinski definition) is 0. The molecule has 0 heterocycles. The summed E-state index contributed by atoms with van der Waals surface area (Å²) in [6.45, 7) is 1.98. The maximum absolute atomic E-state index is 12.6. The fraction of sp³-hybridized carbons (Fsp3) is 0.154. The van der Waals surface area contributed by atoms with Crippen molar-refractivity contribution in [1.29, 1.82) is 0 Å². The number of rotatable bonds is 7. The van der Waals surface area contributed by atoms with Gasteiger partial charge in [0.1, 0.15) is 0 Å². The second-order valence-electron chi connectivity index (χ2n) is 6.81. The Hall–Kier alpha value is -3.46. The van der Waals surface area contributed by atoms with Crippen molar-refractivity contribution in [2.45, 2.75) is 13.0 Å². The Morgan fingerprint density at radius 3 is 1.79 bits per heavy atom. The summed E-state index contributed by atoms with van der Waals surface area (Å²) in [5.41, 5.74) is 3.79. The average Bonchev–Trinajstić information content (AvgIpc) is 2.79. The van der Waals surface area contributed by atoms with Gasteiger partial charge in [0, 0.05) is 17.0 Å². The molecule has 3 nitrogen and oxygen atoms in total. The average molecular weight is 383 g/mol. The van der Waals surface area contributed by atoms with E-state index in [2.05, 4.69) is 0 Å². The monoisotopic (exact) mass is 383 g/mol. The van der Waals surface area contributed by atoms with Crippen LogP contribution in [0, 0.1) is 5.92 Å². The lowest BCUT2D eigenvalue weighted by molar-refractivity contribution is -0.142. The van der Waals surface area contributed by atoms with Crippen molar-refractivity contribution >= 4 is 17.8 Å². The highest BCUT2D eigenvalue weighted by Crippen LogP contribution is 2.18. The van der Waals surface area contributed by atoms with Gasteiger partial charge in [-0.2, -0.15) is 0 Å². The van der Waals surface area contributed by atoms with E-state index in [1.807, 2.05) is 110 Å². The molecule has 29 heavy (non-hydrogen) atoms. The lowest BCUT2D eigenvalue weighted by atomic mass is 9.98. The number of hydrogen-bond acceptors (Lipinski definition) is 3. The Morgan fingerprint density at radius 1 is 0.828 bits per heavy atom. The highest BCUT2D eigenvalue weighted by molar-refractivity contribution is 6.13. The minimum atomic E-state index is -0.643. The van der Waals surface area contributed by atoms with Gasteiger partial charge in [-0.05, 0) is 5.56 Å². The van der Waals surface area contributed by atoms with E-state index >= 15 is 0 Å². The second-order valence-corrected chi connectivity index (χ2v) is 6.81. The Bertz CT molecular complexity index is 922. The van der Waals surface area contributed by atoms with Crippen molar-refractivity contribution in [2.24, 2.45) is 10.9 Å². The molecule has 0 aliphatic carbocycles. The molecule has 0 aromatic heterocycles. The number of aliphatic imine (C=N–C) groups is 1. The number of benzene rings is 3. The summed E-state index contributed by atoms with van der Waals surface area (Å²) in [5, 5.41) is 0. The fourth-order valence-corrected chi connectivity index (χ4v) is 3.08. The molecule has 0 saturated heterocycles. The zero-order valence-electron chi connectivity index (χ0n) is 16.7. The first-order valence-electron chi connectivity index (χ1n) is 9.69. The van der Waals surface area contributed by atoms with E-state index in [4.69, 9.17) is 9.73 Å². The molecule has 0 amide bonds. The normalized spacial score (nSPS) is 12.9. The largest absolute Gasteiger partial charge is 0.467 e. The molecular formula is C26H25NO2. The van der Waals surface area contributed by atoms with Gasteiger partial charge in [0.15, 0.2) is 6.04 Å². The van der Waals surface area contributed by atoms with Crippen LogP contribution in [0.5, 0.6) is 0 Å². The van der Waals surface area contributed by atoms with E-state index in [1.54, 1.807) is 0 Å². The van der Waals surface area contributed by atoms with Gasteiger partial charge in [-0.15, -0.1) is 0 Å². The molecule has 3 rings (SSSR count). The molecule has 0 aliphatic rings. The molecule has 0 N–H and O–H groups in total. The third-order valence-electron chi connectivity index (χ3n) is 4.70. The first kappa shape index (κ1) is 20.3. The van der Waals surface area contributed by atoms with Crippen LogP contribution >= 0.6 is 0 Å². The summed E-state index contributed by atoms with van der Waals surface area (Å²) in [4.78, 5) is 17.5. The van der Waals surface area contributed by atoms with Gasteiger partial charge in [-0.1, -0.05) is 110 Å². The summed E-state index contributed by atoms with van der Waals surface area (Å²) in [6.07, 6.45) is 4.02. The van der Waals surface area contributed by atoms with Crippen LogP contribution in [0.3, 0.4) is 0 Å². The van der Waals surface area contributed by atoms with Gasteiger partial charge in [0.25, 0.3) is 0 Å². The van der Waals surface area contributed by atoms with Crippen LogP contribution in [-0.4, -0.2) is 24.8 Å². The Labute approximate surface area is 172 Å². The summed E-state index contributed by atoms with van der Waals surface area (Å²) in [5.74, 6) is -0.482. The van der Waals surface area contributed by atoms with E-state index in [0.717, 1.165) is 22.4 Å². The van der Waals surface area contributed by atoms with E-state index < -0.39 is 6.04 Å². The van der Waals surface area contributed by atoms with Crippen molar-refractivity contribution in [3.8, 4) is 0 Å². The Balaban J connectivity index is 2.00. The van der Waals surface area contributed by atoms with Crippen molar-refractivity contribution in [2.75, 3.05) is 7.11 Å². The molecule has 0 aliphatic heterocycles. The summed E-state index contributed by atoms with van der Waals surface area (Å²) >= 11 is 0. The van der Waals surface area contributed by atoms with Gasteiger partial charge in [-0.25, -0.2) is 4.79 Å². The maximum atomic E-state index is 12.6. The van der Waals surface area contributed by atoms with Gasteiger partial charge in [0.2, 0.25) is 0 Å². The lowest BCUT2D eigenvalue weighted by Crippen LogP contribution is -2.28. The molecule has 0 spiro atoms. The number of esters is 1. The number of carbonyl (C=O) groups is 1. The fourth-order valence-electron chi connectivity index (χ4n) is 3.08. The molecule has 0 fully saturated rings. The van der Waals surface area contributed by atoms with Crippen molar-refractivity contribution in [3.05, 3.63) is 114 Å². The quantitative estimate of drug-likeness (QED) is 0.404. The van der Waals surface area contributed by atoms with Gasteiger partial charge in [-0.3, -0.25) is 4.99 Å². The van der Waals surface area contributed by atoms with Crippen LogP contribution in [0.25, 0.3) is 6.08 Å². The van der Waals surface area contributed by atoms with Crippen LogP contribution in [0.4, 0.5) is 0 Å². The van der Waals surface area contributed by atoms with Crippen LogP contribution in [0.15, 0.2) is 102 Å². The minimum Gasteiger partial charge on any atom is -0.467 e. The minimum absolute atomic E-state index is 0.134. The lowest BCUT2D eigenvalue weighted by Gasteiger charge is -2.18. The van der Waals surface area contributed by atoms with Crippen LogP contribution in [0.1, 0.15) is 23.6 Å². The third-order valence-corrected chi connectivity index (χ3v) is 4.70. The van der Waals surface area contributed by atoms with Crippen molar-refractivity contribution < 1.29 is 9.53 Å². The molecule has 3 heteroatoms. The predicted molar refractivity (Wildman–Crippen MR) is 119 cm³/mol. The van der Waals surface area contributed by atoms with Gasteiger partial charge >= 0.3 is 5.97 Å². The second kappa shape index (κ2) is 10.2. The third kappa shape index (κ3) is 5.52. The zero-order chi connectivity index (χ0) is 20.5. The molecule has 3 aromatic carbocycles. The highest BCUT2D eigenvalue weighted by atomic mass is 16.5. The smallest absolute Gasteiger partial charge is 0.331 e. The van der Waals surface area contributed by atoms with Crippen molar-refractivity contribution in [3.63, 3.8) is 0 Å². The van der Waals surface area contributed by atoms with Crippen LogP contribution in [0.2, 0.25) is 0 Å². The molecule has 0 radical (unpaired) electrons. The summed E-state index contributed by atoms with van der Waals surface area (Å²) < 4.78 is 5.08. The molecule has 0 saturated carbocycles. The Morgan fingerprint density at radius 2 is 1.31 bits per heavy atom. The molecule has 0 unspecified atom stereocenters. The molecule has 2 atom stereocenters.